The fourth-order valence-corrected chi connectivity index (χ4v) is 1.55. The Labute approximate surface area is 106 Å². The summed E-state index contributed by atoms with van der Waals surface area (Å²) in [7, 11) is 1.78. The first-order valence-corrected chi connectivity index (χ1v) is 5.59. The van der Waals surface area contributed by atoms with Gasteiger partial charge >= 0.3 is 5.97 Å². The number of rotatable bonds is 7. The molecular formula is C12H18N2O4. The van der Waals surface area contributed by atoms with Gasteiger partial charge in [-0.25, -0.2) is 4.79 Å². The lowest BCUT2D eigenvalue weighted by Crippen LogP contribution is -2.25. The van der Waals surface area contributed by atoms with Crippen molar-refractivity contribution in [2.24, 2.45) is 0 Å². The molecule has 0 aliphatic heterocycles. The number of benzene rings is 1. The van der Waals surface area contributed by atoms with Crippen LogP contribution in [0.5, 0.6) is 0 Å². The van der Waals surface area contributed by atoms with Crippen LogP contribution in [0, 0.1) is 0 Å². The van der Waals surface area contributed by atoms with Crippen LogP contribution in [0.1, 0.15) is 10.4 Å². The number of nitrogens with two attached hydrogens (primary N) is 1. The second kappa shape index (κ2) is 6.83. The number of anilines is 2. The molecule has 0 saturated heterocycles. The van der Waals surface area contributed by atoms with Crippen LogP contribution in [-0.2, 0) is 4.74 Å². The molecule has 0 heterocycles. The van der Waals surface area contributed by atoms with E-state index >= 15 is 0 Å². The summed E-state index contributed by atoms with van der Waals surface area (Å²) in [5.74, 6) is -1.01. The highest BCUT2D eigenvalue weighted by Crippen LogP contribution is 2.22. The maximum atomic E-state index is 11.1. The summed E-state index contributed by atoms with van der Waals surface area (Å²) >= 11 is 0. The molecule has 0 aromatic heterocycles. The first-order valence-electron chi connectivity index (χ1n) is 5.59. The van der Waals surface area contributed by atoms with Crippen molar-refractivity contribution >= 4 is 17.3 Å². The zero-order valence-corrected chi connectivity index (χ0v) is 10.3. The van der Waals surface area contributed by atoms with Crippen molar-refractivity contribution in [3.05, 3.63) is 23.8 Å². The Kier molecular flexibility index (Phi) is 5.41. The van der Waals surface area contributed by atoms with E-state index in [4.69, 9.17) is 20.7 Å². The molecule has 1 aromatic carbocycles. The average Bonchev–Trinajstić information content (AvgIpc) is 2.34. The molecule has 0 radical (unpaired) electrons. The van der Waals surface area contributed by atoms with Gasteiger partial charge in [-0.15, -0.1) is 0 Å². The lowest BCUT2D eigenvalue weighted by Gasteiger charge is -2.21. The van der Waals surface area contributed by atoms with Gasteiger partial charge in [0.15, 0.2) is 0 Å². The van der Waals surface area contributed by atoms with Gasteiger partial charge in [-0.2, -0.15) is 0 Å². The number of nitrogen functional groups attached to an aromatic ring is 1. The topological polar surface area (TPSA) is 96.0 Å². The Morgan fingerprint density at radius 3 is 2.78 bits per heavy atom. The lowest BCUT2D eigenvalue weighted by molar-refractivity contribution is 0.0697. The van der Waals surface area contributed by atoms with E-state index in [9.17, 15) is 4.79 Å². The minimum absolute atomic E-state index is 0.0219. The maximum absolute atomic E-state index is 11.1. The molecule has 0 amide bonds. The minimum atomic E-state index is -1.01. The normalized spacial score (nSPS) is 10.3. The quantitative estimate of drug-likeness (QED) is 0.482. The van der Waals surface area contributed by atoms with Gasteiger partial charge in [0.25, 0.3) is 0 Å². The Morgan fingerprint density at radius 1 is 1.44 bits per heavy atom. The molecule has 100 valence electrons. The van der Waals surface area contributed by atoms with Gasteiger partial charge in [-0.3, -0.25) is 0 Å². The molecule has 0 aliphatic carbocycles. The van der Waals surface area contributed by atoms with Crippen molar-refractivity contribution in [1.82, 2.24) is 0 Å². The molecule has 6 nitrogen and oxygen atoms in total. The Balaban J connectivity index is 2.72. The lowest BCUT2D eigenvalue weighted by atomic mass is 10.1. The van der Waals surface area contributed by atoms with Gasteiger partial charge in [0.05, 0.1) is 31.1 Å². The smallest absolute Gasteiger partial charge is 0.337 e. The first-order chi connectivity index (χ1) is 8.56. The zero-order chi connectivity index (χ0) is 13.5. The minimum Gasteiger partial charge on any atom is -0.478 e. The van der Waals surface area contributed by atoms with Crippen molar-refractivity contribution < 1.29 is 19.7 Å². The number of likely N-dealkylation sites (N-methyl/N-ethyl adjacent to an activating group) is 1. The van der Waals surface area contributed by atoms with Crippen LogP contribution in [0.25, 0.3) is 0 Å². The van der Waals surface area contributed by atoms with Crippen LogP contribution in [0.3, 0.4) is 0 Å². The third kappa shape index (κ3) is 3.90. The molecule has 0 spiro atoms. The predicted molar refractivity (Wildman–Crippen MR) is 69.0 cm³/mol. The van der Waals surface area contributed by atoms with Crippen LogP contribution in [-0.4, -0.2) is 49.6 Å². The largest absolute Gasteiger partial charge is 0.478 e. The third-order valence-electron chi connectivity index (χ3n) is 2.47. The van der Waals surface area contributed by atoms with Crippen molar-refractivity contribution in [2.75, 3.05) is 44.0 Å². The molecule has 0 aliphatic rings. The van der Waals surface area contributed by atoms with Gasteiger partial charge in [-0.1, -0.05) is 0 Å². The Bertz CT molecular complexity index is 409. The molecule has 1 rings (SSSR count). The van der Waals surface area contributed by atoms with Crippen LogP contribution in [0.15, 0.2) is 18.2 Å². The molecule has 18 heavy (non-hydrogen) atoms. The van der Waals surface area contributed by atoms with E-state index in [0.29, 0.717) is 24.5 Å². The zero-order valence-electron chi connectivity index (χ0n) is 10.3. The summed E-state index contributed by atoms with van der Waals surface area (Å²) in [6, 6.07) is 4.76. The summed E-state index contributed by atoms with van der Waals surface area (Å²) in [6.45, 7) is 1.21. The van der Waals surface area contributed by atoms with E-state index in [-0.39, 0.29) is 18.8 Å². The second-order valence-corrected chi connectivity index (χ2v) is 3.84. The molecule has 0 bridgehead atoms. The Hall–Kier alpha value is -1.79. The van der Waals surface area contributed by atoms with Crippen LogP contribution in [0.2, 0.25) is 0 Å². The highest BCUT2D eigenvalue weighted by molar-refractivity contribution is 5.95. The van der Waals surface area contributed by atoms with E-state index in [1.54, 1.807) is 24.1 Å². The number of aliphatic hydroxyl groups is 1. The van der Waals surface area contributed by atoms with Crippen LogP contribution < -0.4 is 10.6 Å². The fourth-order valence-electron chi connectivity index (χ4n) is 1.55. The molecule has 6 heteroatoms. The molecule has 0 atom stereocenters. The number of aromatic carboxylic acids is 1. The molecular weight excluding hydrogens is 236 g/mol. The number of hydrogen-bond donors (Lipinski definition) is 3. The summed E-state index contributed by atoms with van der Waals surface area (Å²) in [5.41, 5.74) is 6.74. The molecule has 4 N–H and O–H groups in total. The highest BCUT2D eigenvalue weighted by Gasteiger charge is 2.13. The second-order valence-electron chi connectivity index (χ2n) is 3.84. The van der Waals surface area contributed by atoms with Crippen LogP contribution >= 0.6 is 0 Å². The number of aliphatic hydroxyl groups excluding tert-OH is 1. The number of hydrogen-bond acceptors (Lipinski definition) is 5. The molecule has 0 fully saturated rings. The summed E-state index contributed by atoms with van der Waals surface area (Å²) in [5, 5.41) is 17.7. The van der Waals surface area contributed by atoms with Crippen molar-refractivity contribution in [2.45, 2.75) is 0 Å². The van der Waals surface area contributed by atoms with Gasteiger partial charge < -0.3 is 25.6 Å². The van der Waals surface area contributed by atoms with Gasteiger partial charge in [0, 0.05) is 19.3 Å². The first kappa shape index (κ1) is 14.3. The monoisotopic (exact) mass is 254 g/mol. The number of carboxylic acids is 1. The number of carboxylic acid groups (broad SMARTS) is 1. The SMILES string of the molecule is CN(CCOCCO)c1ccc(N)cc1C(=O)O. The van der Waals surface area contributed by atoms with Crippen molar-refractivity contribution in [3.8, 4) is 0 Å². The number of ether oxygens (including phenoxy) is 1. The number of nitrogens with zero attached hydrogens (tertiary/aromatic N) is 1. The van der Waals surface area contributed by atoms with Gasteiger partial charge in [-0.05, 0) is 18.2 Å². The summed E-state index contributed by atoms with van der Waals surface area (Å²) in [4.78, 5) is 12.9. The standard InChI is InChI=1S/C12H18N2O4/c1-14(4-6-18-7-5-15)11-3-2-9(13)8-10(11)12(16)17/h2-3,8,15H,4-7,13H2,1H3,(H,16,17). The maximum Gasteiger partial charge on any atom is 0.337 e. The number of carbonyl (C=O) groups is 1. The van der Waals surface area contributed by atoms with E-state index in [1.807, 2.05) is 0 Å². The fraction of sp³-hybridized carbons (Fsp3) is 0.417. The highest BCUT2D eigenvalue weighted by atomic mass is 16.5. The van der Waals surface area contributed by atoms with E-state index < -0.39 is 5.97 Å². The third-order valence-corrected chi connectivity index (χ3v) is 2.47. The van der Waals surface area contributed by atoms with Crippen molar-refractivity contribution in [3.63, 3.8) is 0 Å². The van der Waals surface area contributed by atoms with Crippen LogP contribution in [0.4, 0.5) is 11.4 Å². The predicted octanol–water partition coefficient (Wildman–Crippen LogP) is 0.412. The Morgan fingerprint density at radius 2 is 2.17 bits per heavy atom. The average molecular weight is 254 g/mol. The summed E-state index contributed by atoms with van der Waals surface area (Å²) in [6.07, 6.45) is 0. The molecule has 0 saturated carbocycles. The van der Waals surface area contributed by atoms with E-state index in [1.165, 1.54) is 6.07 Å². The van der Waals surface area contributed by atoms with Crippen molar-refractivity contribution in [1.29, 1.82) is 0 Å². The molecule has 0 unspecified atom stereocenters. The van der Waals surface area contributed by atoms with E-state index in [0.717, 1.165) is 0 Å². The molecule has 1 aromatic rings. The summed E-state index contributed by atoms with van der Waals surface area (Å²) < 4.78 is 5.14. The van der Waals surface area contributed by atoms with Gasteiger partial charge in [0.1, 0.15) is 0 Å². The van der Waals surface area contributed by atoms with Gasteiger partial charge in [0.2, 0.25) is 0 Å². The van der Waals surface area contributed by atoms with E-state index in [2.05, 4.69) is 0 Å².